The second-order valence-corrected chi connectivity index (χ2v) is 8.58. The van der Waals surface area contributed by atoms with Crippen molar-refractivity contribution < 1.29 is 8.42 Å². The van der Waals surface area contributed by atoms with Crippen LogP contribution >= 0.6 is 27.3 Å². The van der Waals surface area contributed by atoms with Crippen LogP contribution in [-0.2, 0) is 10.0 Å². The minimum atomic E-state index is -3.34. The monoisotopic (exact) mass is 352 g/mol. The Hall–Kier alpha value is 0.0500. The molecule has 2 rings (SSSR count). The van der Waals surface area contributed by atoms with Gasteiger partial charge in [-0.15, -0.1) is 11.3 Å². The van der Waals surface area contributed by atoms with Gasteiger partial charge in [0.15, 0.2) is 0 Å². The molecule has 0 N–H and O–H groups in total. The summed E-state index contributed by atoms with van der Waals surface area (Å²) in [6.45, 7) is 1.21. The lowest BCUT2D eigenvalue weighted by Gasteiger charge is -2.35. The maximum Gasteiger partial charge on any atom is 0.253 e. The van der Waals surface area contributed by atoms with Crippen LogP contribution in [0.4, 0.5) is 0 Å². The third kappa shape index (κ3) is 2.80. The molecule has 2 heterocycles. The van der Waals surface area contributed by atoms with Crippen molar-refractivity contribution in [1.82, 2.24) is 9.21 Å². The van der Waals surface area contributed by atoms with Crippen molar-refractivity contribution >= 4 is 37.3 Å². The second kappa shape index (κ2) is 5.58. The summed E-state index contributed by atoms with van der Waals surface area (Å²) >= 11 is 4.58. The highest BCUT2D eigenvalue weighted by Crippen LogP contribution is 2.31. The first-order valence-electron chi connectivity index (χ1n) is 5.82. The normalized spacial score (nSPS) is 22.6. The topological polar surface area (TPSA) is 40.6 Å². The highest BCUT2D eigenvalue weighted by atomic mass is 79.9. The summed E-state index contributed by atoms with van der Waals surface area (Å²) in [6.07, 6.45) is 1.98. The molecule has 1 aliphatic heterocycles. The molecule has 0 aliphatic carbocycles. The van der Waals surface area contributed by atoms with Crippen molar-refractivity contribution in [2.75, 3.05) is 27.2 Å². The van der Waals surface area contributed by atoms with Gasteiger partial charge in [-0.05, 0) is 54.3 Å². The van der Waals surface area contributed by atoms with Crippen LogP contribution in [0.2, 0.25) is 0 Å². The Balaban J connectivity index is 2.23. The van der Waals surface area contributed by atoms with Gasteiger partial charge in [0.05, 0.1) is 0 Å². The number of halogens is 1. The van der Waals surface area contributed by atoms with Crippen LogP contribution in [0.3, 0.4) is 0 Å². The second-order valence-electron chi connectivity index (χ2n) is 4.68. The summed E-state index contributed by atoms with van der Waals surface area (Å²) in [4.78, 5) is 2.10. The van der Waals surface area contributed by atoms with Gasteiger partial charge in [0.1, 0.15) is 4.21 Å². The van der Waals surface area contributed by atoms with Crippen molar-refractivity contribution in [1.29, 1.82) is 0 Å². The third-order valence-corrected chi connectivity index (χ3v) is 7.76. The predicted octanol–water partition coefficient (Wildman–Crippen LogP) is 2.23. The summed E-state index contributed by atoms with van der Waals surface area (Å²) in [5.74, 6) is 0. The summed E-state index contributed by atoms with van der Waals surface area (Å²) in [6, 6.07) is 2.09. The van der Waals surface area contributed by atoms with Crippen molar-refractivity contribution in [3.63, 3.8) is 0 Å². The zero-order valence-corrected chi connectivity index (χ0v) is 13.7. The van der Waals surface area contributed by atoms with Crippen LogP contribution in [0.15, 0.2) is 20.1 Å². The largest absolute Gasteiger partial charge is 0.305 e. The van der Waals surface area contributed by atoms with Crippen molar-refractivity contribution in [3.8, 4) is 0 Å². The minimum Gasteiger partial charge on any atom is -0.305 e. The molecule has 1 aromatic rings. The van der Waals surface area contributed by atoms with Gasteiger partial charge < -0.3 is 4.90 Å². The van der Waals surface area contributed by atoms with Gasteiger partial charge in [0, 0.05) is 23.6 Å². The SMILES string of the molecule is CN(C)C1CCCN(S(=O)(=O)c2sccc2Br)C1. The highest BCUT2D eigenvalue weighted by Gasteiger charge is 2.32. The van der Waals surface area contributed by atoms with Gasteiger partial charge in [-0.2, -0.15) is 4.31 Å². The fourth-order valence-corrected chi connectivity index (χ4v) is 6.11. The Morgan fingerprint density at radius 2 is 2.22 bits per heavy atom. The molecule has 102 valence electrons. The van der Waals surface area contributed by atoms with E-state index in [1.54, 1.807) is 15.8 Å². The maximum atomic E-state index is 12.5. The first-order chi connectivity index (χ1) is 8.43. The van der Waals surface area contributed by atoms with E-state index >= 15 is 0 Å². The number of sulfonamides is 1. The molecule has 1 fully saturated rings. The molecule has 1 unspecified atom stereocenters. The van der Waals surface area contributed by atoms with Crippen molar-refractivity contribution in [3.05, 3.63) is 15.9 Å². The van der Waals surface area contributed by atoms with E-state index in [0.29, 0.717) is 27.8 Å². The number of piperidine rings is 1. The molecular weight excluding hydrogens is 336 g/mol. The fourth-order valence-electron chi connectivity index (χ4n) is 2.14. The molecule has 0 amide bonds. The van der Waals surface area contributed by atoms with E-state index in [9.17, 15) is 8.42 Å². The first-order valence-corrected chi connectivity index (χ1v) is 8.94. The van der Waals surface area contributed by atoms with E-state index in [2.05, 4.69) is 20.8 Å². The molecule has 0 radical (unpaired) electrons. The molecule has 1 saturated heterocycles. The maximum absolute atomic E-state index is 12.5. The number of hydrogen-bond acceptors (Lipinski definition) is 4. The Bertz CT molecular complexity index is 513. The van der Waals surface area contributed by atoms with E-state index < -0.39 is 10.0 Å². The van der Waals surface area contributed by atoms with Crippen molar-refractivity contribution in [2.24, 2.45) is 0 Å². The lowest BCUT2D eigenvalue weighted by atomic mass is 10.1. The molecule has 0 aromatic carbocycles. The van der Waals surface area contributed by atoms with Gasteiger partial charge in [0.25, 0.3) is 10.0 Å². The lowest BCUT2D eigenvalue weighted by Crippen LogP contribution is -2.47. The molecule has 1 aliphatic rings. The van der Waals surface area contributed by atoms with Gasteiger partial charge in [-0.3, -0.25) is 0 Å². The summed E-state index contributed by atoms with van der Waals surface area (Å²) in [5, 5.41) is 1.80. The third-order valence-electron chi connectivity index (χ3n) is 3.25. The van der Waals surface area contributed by atoms with Crippen LogP contribution in [-0.4, -0.2) is 50.8 Å². The highest BCUT2D eigenvalue weighted by molar-refractivity contribution is 9.10. The van der Waals surface area contributed by atoms with E-state index in [4.69, 9.17) is 0 Å². The standard InChI is InChI=1S/C11H17BrN2O2S2/c1-13(2)9-4-3-6-14(8-9)18(15,16)11-10(12)5-7-17-11/h5,7,9H,3-4,6,8H2,1-2H3. The van der Waals surface area contributed by atoms with Gasteiger partial charge in [-0.1, -0.05) is 0 Å². The molecule has 4 nitrogen and oxygen atoms in total. The molecule has 0 spiro atoms. The van der Waals surface area contributed by atoms with E-state index in [0.717, 1.165) is 12.8 Å². The van der Waals surface area contributed by atoms with E-state index in [1.807, 2.05) is 14.1 Å². The van der Waals surface area contributed by atoms with Crippen molar-refractivity contribution in [2.45, 2.75) is 23.1 Å². The summed E-state index contributed by atoms with van der Waals surface area (Å²) in [5.41, 5.74) is 0. The molecule has 1 aromatic heterocycles. The van der Waals surface area contributed by atoms with Crippen LogP contribution in [0, 0.1) is 0 Å². The molecule has 18 heavy (non-hydrogen) atoms. The Morgan fingerprint density at radius 1 is 1.50 bits per heavy atom. The number of thiophene rings is 1. The zero-order chi connectivity index (χ0) is 13.3. The minimum absolute atomic E-state index is 0.312. The Kier molecular flexibility index (Phi) is 4.48. The number of nitrogens with zero attached hydrogens (tertiary/aromatic N) is 2. The molecule has 0 saturated carbocycles. The Labute approximate surface area is 121 Å². The molecule has 1 atom stereocenters. The zero-order valence-electron chi connectivity index (χ0n) is 10.5. The van der Waals surface area contributed by atoms with Gasteiger partial charge >= 0.3 is 0 Å². The van der Waals surface area contributed by atoms with Crippen LogP contribution < -0.4 is 0 Å². The molecular formula is C11H17BrN2O2S2. The van der Waals surface area contributed by atoms with E-state index in [1.165, 1.54) is 11.3 Å². The predicted molar refractivity (Wildman–Crippen MR) is 77.5 cm³/mol. The average molecular weight is 353 g/mol. The van der Waals surface area contributed by atoms with Crippen LogP contribution in [0.25, 0.3) is 0 Å². The van der Waals surface area contributed by atoms with Gasteiger partial charge in [0.2, 0.25) is 0 Å². The smallest absolute Gasteiger partial charge is 0.253 e. The van der Waals surface area contributed by atoms with Crippen LogP contribution in [0.1, 0.15) is 12.8 Å². The number of likely N-dealkylation sites (N-methyl/N-ethyl adjacent to an activating group) is 1. The van der Waals surface area contributed by atoms with E-state index in [-0.39, 0.29) is 0 Å². The number of hydrogen-bond donors (Lipinski definition) is 0. The molecule has 7 heteroatoms. The average Bonchev–Trinajstić information content (AvgIpc) is 2.76. The Morgan fingerprint density at radius 3 is 2.78 bits per heavy atom. The lowest BCUT2D eigenvalue weighted by molar-refractivity contribution is 0.190. The number of rotatable bonds is 3. The first kappa shape index (κ1) is 14.5. The summed E-state index contributed by atoms with van der Waals surface area (Å²) in [7, 11) is 0.666. The fraction of sp³-hybridized carbons (Fsp3) is 0.636. The van der Waals surface area contributed by atoms with Gasteiger partial charge in [-0.25, -0.2) is 8.42 Å². The summed E-state index contributed by atoms with van der Waals surface area (Å²) < 4.78 is 27.7. The molecule has 0 bridgehead atoms. The van der Waals surface area contributed by atoms with Crippen LogP contribution in [0.5, 0.6) is 0 Å². The quantitative estimate of drug-likeness (QED) is 0.837.